The number of aryl methyl sites for hydroxylation is 1. The second-order valence-electron chi connectivity index (χ2n) is 7.85. The third-order valence-corrected chi connectivity index (χ3v) is 6.10. The fourth-order valence-electron chi connectivity index (χ4n) is 4.16. The summed E-state index contributed by atoms with van der Waals surface area (Å²) in [5, 5.41) is 12.0. The molecule has 0 unspecified atom stereocenters. The molecule has 0 aliphatic carbocycles. The van der Waals surface area contributed by atoms with Gasteiger partial charge in [0, 0.05) is 19.6 Å². The Labute approximate surface area is 166 Å². The van der Waals surface area contributed by atoms with Crippen LogP contribution in [0.25, 0.3) is 5.69 Å². The third-order valence-electron chi connectivity index (χ3n) is 6.10. The second kappa shape index (κ2) is 7.98. The van der Waals surface area contributed by atoms with Gasteiger partial charge in [0.1, 0.15) is 0 Å². The van der Waals surface area contributed by atoms with Crippen LogP contribution in [0.4, 0.5) is 0 Å². The minimum Gasteiger partial charge on any atom is -0.342 e. The minimum absolute atomic E-state index is 0. The van der Waals surface area contributed by atoms with E-state index in [1.54, 1.807) is 0 Å². The standard InChI is InChI=1S/C20H27N5O.ClH/c1-15-3-5-17(6-4-15)25-16(2)18(22-23-25)13-19(26)24-11-8-20(9-12-24)7-10-21-14-20;/h3-6,21H,7-14H2,1-2H3;1H. The van der Waals surface area contributed by atoms with E-state index in [-0.39, 0.29) is 18.3 Å². The van der Waals surface area contributed by atoms with E-state index < -0.39 is 0 Å². The van der Waals surface area contributed by atoms with E-state index in [1.165, 1.54) is 12.0 Å². The number of hydrogen-bond acceptors (Lipinski definition) is 4. The Morgan fingerprint density at radius 3 is 2.48 bits per heavy atom. The van der Waals surface area contributed by atoms with E-state index in [0.717, 1.165) is 56.1 Å². The molecule has 2 saturated heterocycles. The van der Waals surface area contributed by atoms with E-state index in [4.69, 9.17) is 0 Å². The summed E-state index contributed by atoms with van der Waals surface area (Å²) in [5.74, 6) is 0.171. The van der Waals surface area contributed by atoms with E-state index in [2.05, 4.69) is 34.7 Å². The highest BCUT2D eigenvalue weighted by Gasteiger charge is 2.38. The van der Waals surface area contributed by atoms with Crippen molar-refractivity contribution in [3.63, 3.8) is 0 Å². The van der Waals surface area contributed by atoms with Crippen LogP contribution in [0, 0.1) is 19.3 Å². The van der Waals surface area contributed by atoms with Crippen molar-refractivity contribution in [1.29, 1.82) is 0 Å². The van der Waals surface area contributed by atoms with Crippen molar-refractivity contribution in [3.8, 4) is 5.69 Å². The van der Waals surface area contributed by atoms with Crippen molar-refractivity contribution >= 4 is 18.3 Å². The zero-order chi connectivity index (χ0) is 18.1. The van der Waals surface area contributed by atoms with E-state index in [1.807, 2.05) is 28.6 Å². The zero-order valence-electron chi connectivity index (χ0n) is 16.1. The first-order valence-corrected chi connectivity index (χ1v) is 9.53. The lowest BCUT2D eigenvalue weighted by atomic mass is 9.78. The lowest BCUT2D eigenvalue weighted by Crippen LogP contribution is -2.44. The number of hydrogen-bond donors (Lipinski definition) is 1. The quantitative estimate of drug-likeness (QED) is 0.875. The van der Waals surface area contributed by atoms with Gasteiger partial charge in [-0.05, 0) is 57.2 Å². The number of likely N-dealkylation sites (tertiary alicyclic amines) is 1. The molecule has 1 aromatic carbocycles. The van der Waals surface area contributed by atoms with Gasteiger partial charge < -0.3 is 10.2 Å². The molecule has 2 aromatic rings. The predicted octanol–water partition coefficient (Wildman–Crippen LogP) is 2.45. The third kappa shape index (κ3) is 4.01. The van der Waals surface area contributed by atoms with Crippen LogP contribution in [-0.2, 0) is 11.2 Å². The lowest BCUT2D eigenvalue weighted by molar-refractivity contribution is -0.132. The largest absolute Gasteiger partial charge is 0.342 e. The Bertz CT molecular complexity index is 785. The number of carbonyl (C=O) groups is 1. The number of nitrogens with one attached hydrogen (secondary N) is 1. The summed E-state index contributed by atoms with van der Waals surface area (Å²) >= 11 is 0. The SMILES string of the molecule is Cc1ccc(-n2nnc(CC(=O)N3CCC4(CCNC4)CC3)c2C)cc1.Cl. The van der Waals surface area contributed by atoms with Gasteiger partial charge in [-0.15, -0.1) is 17.5 Å². The molecule has 1 N–H and O–H groups in total. The lowest BCUT2D eigenvalue weighted by Gasteiger charge is -2.38. The van der Waals surface area contributed by atoms with Gasteiger partial charge in [-0.3, -0.25) is 4.79 Å². The normalized spacial score (nSPS) is 18.5. The number of nitrogens with zero attached hydrogens (tertiary/aromatic N) is 4. The molecule has 1 amide bonds. The van der Waals surface area contributed by atoms with E-state index in [9.17, 15) is 4.79 Å². The first-order chi connectivity index (χ1) is 12.6. The van der Waals surface area contributed by atoms with Gasteiger partial charge in [-0.25, -0.2) is 4.68 Å². The molecule has 0 bridgehead atoms. The van der Waals surface area contributed by atoms with Crippen LogP contribution in [0.5, 0.6) is 0 Å². The molecular weight excluding hydrogens is 362 g/mol. The molecule has 0 atom stereocenters. The number of amides is 1. The number of carbonyl (C=O) groups excluding carboxylic acids is 1. The summed E-state index contributed by atoms with van der Waals surface area (Å²) < 4.78 is 1.82. The Morgan fingerprint density at radius 2 is 1.85 bits per heavy atom. The van der Waals surface area contributed by atoms with Crippen molar-refractivity contribution in [2.75, 3.05) is 26.2 Å². The molecule has 1 aromatic heterocycles. The molecule has 2 fully saturated rings. The Morgan fingerprint density at radius 1 is 1.15 bits per heavy atom. The number of benzene rings is 1. The molecule has 27 heavy (non-hydrogen) atoms. The van der Waals surface area contributed by atoms with Crippen LogP contribution in [0.15, 0.2) is 24.3 Å². The van der Waals surface area contributed by atoms with Crippen LogP contribution in [0.3, 0.4) is 0 Å². The van der Waals surface area contributed by atoms with Crippen LogP contribution in [0.1, 0.15) is 36.2 Å². The summed E-state index contributed by atoms with van der Waals surface area (Å²) in [4.78, 5) is 14.8. The smallest absolute Gasteiger partial charge is 0.228 e. The average molecular weight is 390 g/mol. The van der Waals surface area contributed by atoms with Crippen LogP contribution in [0.2, 0.25) is 0 Å². The Balaban J connectivity index is 0.00000210. The topological polar surface area (TPSA) is 63.1 Å². The fraction of sp³-hybridized carbons (Fsp3) is 0.550. The zero-order valence-corrected chi connectivity index (χ0v) is 16.9. The van der Waals surface area contributed by atoms with Gasteiger partial charge >= 0.3 is 0 Å². The molecule has 1 spiro atoms. The van der Waals surface area contributed by atoms with Gasteiger partial charge in [0.15, 0.2) is 0 Å². The summed E-state index contributed by atoms with van der Waals surface area (Å²) in [5.41, 5.74) is 4.34. The summed E-state index contributed by atoms with van der Waals surface area (Å²) in [6.45, 7) is 8.01. The van der Waals surface area contributed by atoms with Crippen LogP contribution >= 0.6 is 12.4 Å². The highest BCUT2D eigenvalue weighted by atomic mass is 35.5. The minimum atomic E-state index is 0. The van der Waals surface area contributed by atoms with Gasteiger partial charge in [0.05, 0.1) is 23.5 Å². The van der Waals surface area contributed by atoms with Crippen molar-refractivity contribution < 1.29 is 4.79 Å². The first kappa shape index (κ1) is 19.8. The molecule has 2 aliphatic rings. The van der Waals surface area contributed by atoms with E-state index in [0.29, 0.717) is 11.8 Å². The van der Waals surface area contributed by atoms with Crippen LogP contribution in [-0.4, -0.2) is 52.0 Å². The van der Waals surface area contributed by atoms with Gasteiger partial charge in [0.2, 0.25) is 5.91 Å². The maximum atomic E-state index is 12.7. The average Bonchev–Trinajstić information content (AvgIpc) is 3.24. The highest BCUT2D eigenvalue weighted by molar-refractivity contribution is 5.85. The number of aromatic nitrogens is 3. The van der Waals surface area contributed by atoms with Crippen molar-refractivity contribution in [2.45, 2.75) is 39.5 Å². The van der Waals surface area contributed by atoms with Crippen molar-refractivity contribution in [2.24, 2.45) is 5.41 Å². The molecule has 0 radical (unpaired) electrons. The predicted molar refractivity (Wildman–Crippen MR) is 108 cm³/mol. The highest BCUT2D eigenvalue weighted by Crippen LogP contribution is 2.37. The summed E-state index contributed by atoms with van der Waals surface area (Å²) in [6.07, 6.45) is 3.81. The molecule has 4 rings (SSSR count). The van der Waals surface area contributed by atoms with Gasteiger partial charge in [-0.1, -0.05) is 22.9 Å². The Hall–Kier alpha value is -1.92. The maximum Gasteiger partial charge on any atom is 0.228 e. The van der Waals surface area contributed by atoms with Gasteiger partial charge in [-0.2, -0.15) is 0 Å². The molecule has 7 heteroatoms. The number of halogens is 1. The van der Waals surface area contributed by atoms with Crippen molar-refractivity contribution in [3.05, 3.63) is 41.2 Å². The molecule has 2 aliphatic heterocycles. The molecule has 3 heterocycles. The van der Waals surface area contributed by atoms with Crippen molar-refractivity contribution in [1.82, 2.24) is 25.2 Å². The first-order valence-electron chi connectivity index (χ1n) is 9.53. The number of rotatable bonds is 3. The van der Waals surface area contributed by atoms with Gasteiger partial charge in [0.25, 0.3) is 0 Å². The molecule has 6 nitrogen and oxygen atoms in total. The monoisotopic (exact) mass is 389 g/mol. The maximum absolute atomic E-state index is 12.7. The van der Waals surface area contributed by atoms with E-state index >= 15 is 0 Å². The molecule has 146 valence electrons. The Kier molecular flexibility index (Phi) is 5.86. The summed E-state index contributed by atoms with van der Waals surface area (Å²) in [6, 6.07) is 8.18. The van der Waals surface area contributed by atoms with Crippen LogP contribution < -0.4 is 5.32 Å². The summed E-state index contributed by atoms with van der Waals surface area (Å²) in [7, 11) is 0. The second-order valence-corrected chi connectivity index (χ2v) is 7.85. The fourth-order valence-corrected chi connectivity index (χ4v) is 4.16. The molecule has 0 saturated carbocycles. The molecular formula is C20H28ClN5O. The number of piperidine rings is 1.